The van der Waals surface area contributed by atoms with Gasteiger partial charge in [0, 0.05) is 20.1 Å². The molecule has 0 aliphatic rings. The number of ether oxygens (including phenoxy) is 1. The summed E-state index contributed by atoms with van der Waals surface area (Å²) in [6.45, 7) is 4.27. The van der Waals surface area contributed by atoms with Gasteiger partial charge in [0.15, 0.2) is 0 Å². The van der Waals surface area contributed by atoms with Crippen molar-refractivity contribution in [2.75, 3.05) is 6.61 Å². The molecule has 18 heavy (non-hydrogen) atoms. The monoisotopic (exact) mass is 324 g/mol. The van der Waals surface area contributed by atoms with Crippen LogP contribution in [0.2, 0.25) is 0 Å². The molecular formula is C14H13BrO2S. The van der Waals surface area contributed by atoms with Gasteiger partial charge in [-0.3, -0.25) is 0 Å². The highest BCUT2D eigenvalue weighted by molar-refractivity contribution is 9.10. The summed E-state index contributed by atoms with van der Waals surface area (Å²) in [6.07, 6.45) is 3.31. The Morgan fingerprint density at radius 2 is 2.28 bits per heavy atom. The van der Waals surface area contributed by atoms with E-state index in [1.807, 2.05) is 12.1 Å². The third kappa shape index (κ3) is 2.82. The highest BCUT2D eigenvalue weighted by Gasteiger charge is 2.06. The average Bonchev–Trinajstić information content (AvgIpc) is 2.63. The lowest BCUT2D eigenvalue weighted by molar-refractivity contribution is -0.137. The van der Waals surface area contributed by atoms with E-state index in [-0.39, 0.29) is 5.97 Å². The van der Waals surface area contributed by atoms with Crippen molar-refractivity contribution in [3.63, 3.8) is 0 Å². The molecule has 0 saturated carbocycles. The van der Waals surface area contributed by atoms with Crippen LogP contribution >= 0.6 is 27.3 Å². The minimum absolute atomic E-state index is 0.296. The fourth-order valence-electron chi connectivity index (χ4n) is 1.71. The van der Waals surface area contributed by atoms with E-state index < -0.39 is 0 Å². The first kappa shape index (κ1) is 13.3. The van der Waals surface area contributed by atoms with Gasteiger partial charge < -0.3 is 4.74 Å². The number of carbonyl (C=O) groups excluding carboxylic acids is 1. The zero-order valence-corrected chi connectivity index (χ0v) is 12.6. The molecule has 2 rings (SSSR count). The molecule has 0 saturated heterocycles. The van der Waals surface area contributed by atoms with Crippen molar-refractivity contribution < 1.29 is 9.53 Å². The van der Waals surface area contributed by atoms with Crippen LogP contribution in [0.25, 0.3) is 16.2 Å². The third-order valence-corrected chi connectivity index (χ3v) is 4.31. The van der Waals surface area contributed by atoms with Crippen LogP contribution in [0.4, 0.5) is 0 Å². The Labute approximate surface area is 118 Å². The molecule has 0 bridgehead atoms. The molecule has 1 aromatic carbocycles. The van der Waals surface area contributed by atoms with Gasteiger partial charge in [0.05, 0.1) is 6.61 Å². The molecule has 0 aliphatic carbocycles. The first-order valence-electron chi connectivity index (χ1n) is 5.65. The van der Waals surface area contributed by atoms with Gasteiger partial charge in [0.2, 0.25) is 0 Å². The smallest absolute Gasteiger partial charge is 0.330 e. The number of benzene rings is 1. The number of esters is 1. The molecular weight excluding hydrogens is 312 g/mol. The van der Waals surface area contributed by atoms with Gasteiger partial charge in [-0.05, 0) is 43.0 Å². The summed E-state index contributed by atoms with van der Waals surface area (Å²) < 4.78 is 7.15. The number of fused-ring (bicyclic) bond motifs is 1. The minimum atomic E-state index is -0.296. The van der Waals surface area contributed by atoms with E-state index in [4.69, 9.17) is 4.74 Å². The molecule has 0 amide bonds. The second-order valence-electron chi connectivity index (χ2n) is 3.82. The molecule has 1 aromatic heterocycles. The van der Waals surface area contributed by atoms with E-state index in [1.165, 1.54) is 21.7 Å². The molecule has 0 unspecified atom stereocenters. The maximum absolute atomic E-state index is 11.3. The van der Waals surface area contributed by atoms with Crippen LogP contribution in [-0.2, 0) is 9.53 Å². The van der Waals surface area contributed by atoms with E-state index in [9.17, 15) is 4.79 Å². The van der Waals surface area contributed by atoms with Gasteiger partial charge in [-0.15, -0.1) is 11.3 Å². The number of hydrogen-bond donors (Lipinski definition) is 0. The number of carbonyl (C=O) groups is 1. The van der Waals surface area contributed by atoms with Crippen molar-refractivity contribution in [2.45, 2.75) is 13.8 Å². The summed E-state index contributed by atoms with van der Waals surface area (Å²) in [5.74, 6) is -0.296. The normalized spacial score (nSPS) is 11.3. The molecule has 2 nitrogen and oxygen atoms in total. The maximum Gasteiger partial charge on any atom is 0.330 e. The number of halogens is 1. The Hall–Kier alpha value is -1.13. The van der Waals surface area contributed by atoms with E-state index >= 15 is 0 Å². The quantitative estimate of drug-likeness (QED) is 0.611. The van der Waals surface area contributed by atoms with Gasteiger partial charge in [-0.2, -0.15) is 0 Å². The van der Waals surface area contributed by atoms with Crippen LogP contribution in [0.15, 0.2) is 28.7 Å². The molecule has 0 N–H and O–H groups in total. The summed E-state index contributed by atoms with van der Waals surface area (Å²) >= 11 is 5.14. The Kier molecular flexibility index (Phi) is 4.19. The van der Waals surface area contributed by atoms with Gasteiger partial charge in [0.1, 0.15) is 0 Å². The highest BCUT2D eigenvalue weighted by Crippen LogP contribution is 2.33. The first-order chi connectivity index (χ1) is 8.61. The van der Waals surface area contributed by atoms with Gasteiger partial charge in [0.25, 0.3) is 0 Å². The fraction of sp³-hybridized carbons (Fsp3) is 0.214. The van der Waals surface area contributed by atoms with Crippen LogP contribution < -0.4 is 0 Å². The first-order valence-corrected chi connectivity index (χ1v) is 7.26. The van der Waals surface area contributed by atoms with Crippen molar-refractivity contribution in [1.82, 2.24) is 0 Å². The van der Waals surface area contributed by atoms with Gasteiger partial charge >= 0.3 is 5.97 Å². The molecule has 0 fully saturated rings. The van der Waals surface area contributed by atoms with Crippen LogP contribution in [-0.4, -0.2) is 12.6 Å². The van der Waals surface area contributed by atoms with Crippen molar-refractivity contribution in [2.24, 2.45) is 0 Å². The predicted octanol–water partition coefficient (Wildman–Crippen LogP) is 4.55. The van der Waals surface area contributed by atoms with Crippen LogP contribution in [0, 0.1) is 6.92 Å². The number of thiophene rings is 1. The Bertz CT molecular complexity index is 614. The van der Waals surface area contributed by atoms with E-state index in [1.54, 1.807) is 18.3 Å². The SMILES string of the molecule is CCOC(=O)/C=C/c1sc2cc(Br)ccc2c1C. The molecule has 94 valence electrons. The van der Waals surface area contributed by atoms with E-state index in [0.29, 0.717) is 6.61 Å². The highest BCUT2D eigenvalue weighted by atomic mass is 79.9. The predicted molar refractivity (Wildman–Crippen MR) is 79.9 cm³/mol. The molecule has 0 aliphatic heterocycles. The molecule has 0 atom stereocenters. The second-order valence-corrected chi connectivity index (χ2v) is 5.82. The molecule has 2 aromatic rings. The van der Waals surface area contributed by atoms with Crippen LogP contribution in [0.5, 0.6) is 0 Å². The van der Waals surface area contributed by atoms with E-state index in [0.717, 1.165) is 9.35 Å². The van der Waals surface area contributed by atoms with Crippen molar-refractivity contribution in [3.8, 4) is 0 Å². The summed E-state index contributed by atoms with van der Waals surface area (Å²) in [5.41, 5.74) is 1.20. The summed E-state index contributed by atoms with van der Waals surface area (Å²) in [5, 5.41) is 1.23. The minimum Gasteiger partial charge on any atom is -0.463 e. The summed E-state index contributed by atoms with van der Waals surface area (Å²) in [7, 11) is 0. The molecule has 0 radical (unpaired) electrons. The average molecular weight is 325 g/mol. The Morgan fingerprint density at radius 1 is 1.50 bits per heavy atom. The number of aryl methyl sites for hydroxylation is 1. The van der Waals surface area contributed by atoms with E-state index in [2.05, 4.69) is 35.0 Å². The van der Waals surface area contributed by atoms with Gasteiger partial charge in [-0.1, -0.05) is 22.0 Å². The Balaban J connectivity index is 2.34. The maximum atomic E-state index is 11.3. The lowest BCUT2D eigenvalue weighted by Gasteiger charge is -1.94. The zero-order valence-electron chi connectivity index (χ0n) is 10.2. The largest absolute Gasteiger partial charge is 0.463 e. The second kappa shape index (κ2) is 5.67. The lowest BCUT2D eigenvalue weighted by Crippen LogP contribution is -1.98. The summed E-state index contributed by atoms with van der Waals surface area (Å²) in [4.78, 5) is 12.4. The fourth-order valence-corrected chi connectivity index (χ4v) is 3.38. The lowest BCUT2D eigenvalue weighted by atomic mass is 10.1. The molecule has 4 heteroatoms. The van der Waals surface area contributed by atoms with Crippen LogP contribution in [0.1, 0.15) is 17.4 Å². The number of rotatable bonds is 3. The third-order valence-electron chi connectivity index (χ3n) is 2.59. The topological polar surface area (TPSA) is 26.3 Å². The van der Waals surface area contributed by atoms with Gasteiger partial charge in [-0.25, -0.2) is 4.79 Å². The van der Waals surface area contributed by atoms with Crippen molar-refractivity contribution in [3.05, 3.63) is 39.2 Å². The molecule has 1 heterocycles. The number of hydrogen-bond acceptors (Lipinski definition) is 3. The standard InChI is InChI=1S/C14H13BrO2S/c1-3-17-14(16)7-6-12-9(2)11-5-4-10(15)8-13(11)18-12/h4-8H,3H2,1-2H3/b7-6+. The Morgan fingerprint density at radius 3 is 3.00 bits per heavy atom. The van der Waals surface area contributed by atoms with Crippen LogP contribution in [0.3, 0.4) is 0 Å². The van der Waals surface area contributed by atoms with Crippen molar-refractivity contribution >= 4 is 49.4 Å². The van der Waals surface area contributed by atoms with Crippen molar-refractivity contribution in [1.29, 1.82) is 0 Å². The molecule has 0 spiro atoms. The summed E-state index contributed by atoms with van der Waals surface area (Å²) in [6, 6.07) is 6.21. The zero-order chi connectivity index (χ0) is 13.1.